The molecule has 3 rings (SSSR count). The Morgan fingerprint density at radius 1 is 1.15 bits per heavy atom. The van der Waals surface area contributed by atoms with E-state index in [0.29, 0.717) is 18.2 Å². The molecule has 0 amide bonds. The van der Waals surface area contributed by atoms with Gasteiger partial charge < -0.3 is 5.32 Å². The fourth-order valence-corrected chi connectivity index (χ4v) is 2.62. The first-order valence-electron chi connectivity index (χ1n) is 6.46. The molecule has 0 saturated heterocycles. The number of halogens is 2. The van der Waals surface area contributed by atoms with Gasteiger partial charge in [-0.05, 0) is 31.0 Å². The zero-order valence-corrected chi connectivity index (χ0v) is 10.8. The number of nitrogens with one attached hydrogen (secondary N) is 1. The van der Waals surface area contributed by atoms with Gasteiger partial charge in [-0.2, -0.15) is 0 Å². The van der Waals surface area contributed by atoms with Crippen molar-refractivity contribution in [1.29, 1.82) is 0 Å². The summed E-state index contributed by atoms with van der Waals surface area (Å²) in [5.74, 6) is 0.0562. The van der Waals surface area contributed by atoms with Crippen LogP contribution in [-0.2, 0) is 5.41 Å². The second kappa shape index (κ2) is 5.11. The maximum absolute atomic E-state index is 13.9. The van der Waals surface area contributed by atoms with Crippen LogP contribution < -0.4 is 5.32 Å². The first-order chi connectivity index (χ1) is 9.70. The Morgan fingerprint density at radius 3 is 2.50 bits per heavy atom. The number of alkyl halides is 1. The van der Waals surface area contributed by atoms with Crippen LogP contribution in [0.15, 0.2) is 36.8 Å². The number of anilines is 1. The van der Waals surface area contributed by atoms with Gasteiger partial charge in [0.2, 0.25) is 5.95 Å². The fourth-order valence-electron chi connectivity index (χ4n) is 2.62. The van der Waals surface area contributed by atoms with Gasteiger partial charge >= 0.3 is 0 Å². The molecule has 0 aromatic carbocycles. The van der Waals surface area contributed by atoms with Crippen molar-refractivity contribution in [2.75, 3.05) is 11.9 Å². The molecule has 1 saturated carbocycles. The van der Waals surface area contributed by atoms with Crippen molar-refractivity contribution >= 4 is 5.95 Å². The summed E-state index contributed by atoms with van der Waals surface area (Å²) in [7, 11) is 0. The Labute approximate surface area is 115 Å². The van der Waals surface area contributed by atoms with Crippen molar-refractivity contribution < 1.29 is 8.78 Å². The van der Waals surface area contributed by atoms with Crippen molar-refractivity contribution in [3.05, 3.63) is 48.3 Å². The topological polar surface area (TPSA) is 50.7 Å². The highest BCUT2D eigenvalue weighted by atomic mass is 19.1. The molecule has 6 heteroatoms. The smallest absolute Gasteiger partial charge is 0.222 e. The quantitative estimate of drug-likeness (QED) is 0.932. The molecule has 4 nitrogen and oxygen atoms in total. The summed E-state index contributed by atoms with van der Waals surface area (Å²) in [5, 5.41) is 3.04. The van der Waals surface area contributed by atoms with E-state index in [4.69, 9.17) is 0 Å². The Kier molecular flexibility index (Phi) is 3.30. The lowest BCUT2D eigenvalue weighted by Gasteiger charge is -2.43. The lowest BCUT2D eigenvalue weighted by molar-refractivity contribution is 0.0963. The summed E-state index contributed by atoms with van der Waals surface area (Å²) in [4.78, 5) is 12.2. The molecule has 0 spiro atoms. The molecule has 0 bridgehead atoms. The van der Waals surface area contributed by atoms with Gasteiger partial charge in [0.1, 0.15) is 12.0 Å². The Morgan fingerprint density at radius 2 is 1.85 bits per heavy atom. The zero-order chi connectivity index (χ0) is 14.0. The molecule has 1 aliphatic carbocycles. The Bertz CT molecular complexity index is 585. The standard InChI is InChI=1S/C14H14F2N4/c15-10-7-14(8-10,12-11(16)3-1-4-17-12)9-20-13-18-5-2-6-19-13/h1-6,10H,7-9H2,(H,18,19,20)/t10-,14+. The molecule has 0 aliphatic heterocycles. The highest BCUT2D eigenvalue weighted by Gasteiger charge is 2.48. The lowest BCUT2D eigenvalue weighted by atomic mass is 9.65. The van der Waals surface area contributed by atoms with Crippen molar-refractivity contribution in [3.8, 4) is 0 Å². The van der Waals surface area contributed by atoms with E-state index < -0.39 is 17.4 Å². The summed E-state index contributed by atoms with van der Waals surface area (Å²) in [5.41, 5.74) is -0.304. The third kappa shape index (κ3) is 2.33. The molecule has 104 valence electrons. The van der Waals surface area contributed by atoms with Crippen LogP contribution in [0.25, 0.3) is 0 Å². The minimum absolute atomic E-state index is 0.265. The van der Waals surface area contributed by atoms with E-state index >= 15 is 0 Å². The molecule has 0 atom stereocenters. The van der Waals surface area contributed by atoms with Crippen molar-refractivity contribution in [2.24, 2.45) is 0 Å². The minimum Gasteiger partial charge on any atom is -0.353 e. The Balaban J connectivity index is 1.81. The summed E-state index contributed by atoms with van der Waals surface area (Å²) in [6.07, 6.45) is 4.38. The SMILES string of the molecule is Fc1cccnc1[C@]1(CNc2ncccn2)C[C@H](F)C1. The first-order valence-corrected chi connectivity index (χ1v) is 6.46. The van der Waals surface area contributed by atoms with Crippen LogP contribution >= 0.6 is 0 Å². The zero-order valence-electron chi connectivity index (χ0n) is 10.8. The molecule has 2 aromatic rings. The van der Waals surface area contributed by atoms with Gasteiger partial charge in [0.25, 0.3) is 0 Å². The van der Waals surface area contributed by atoms with Crippen LogP contribution in [0, 0.1) is 5.82 Å². The average molecular weight is 276 g/mol. The fraction of sp³-hybridized carbons (Fsp3) is 0.357. The summed E-state index contributed by atoms with van der Waals surface area (Å²) < 4.78 is 27.3. The van der Waals surface area contributed by atoms with Crippen molar-refractivity contribution in [3.63, 3.8) is 0 Å². The third-order valence-electron chi connectivity index (χ3n) is 3.64. The summed E-state index contributed by atoms with van der Waals surface area (Å²) >= 11 is 0. The van der Waals surface area contributed by atoms with Crippen LogP contribution in [0.5, 0.6) is 0 Å². The molecule has 20 heavy (non-hydrogen) atoms. The van der Waals surface area contributed by atoms with Gasteiger partial charge in [-0.3, -0.25) is 4.98 Å². The van der Waals surface area contributed by atoms with Crippen LogP contribution in [0.4, 0.5) is 14.7 Å². The number of nitrogens with zero attached hydrogens (tertiary/aromatic N) is 3. The molecular weight excluding hydrogens is 262 g/mol. The second-order valence-electron chi connectivity index (χ2n) is 5.05. The van der Waals surface area contributed by atoms with Crippen LogP contribution in [0.1, 0.15) is 18.5 Å². The predicted octanol–water partition coefficient (Wildman–Crippen LogP) is 2.49. The van der Waals surface area contributed by atoms with Crippen molar-refractivity contribution in [1.82, 2.24) is 15.0 Å². The molecule has 0 radical (unpaired) electrons. The van der Waals surface area contributed by atoms with E-state index in [1.54, 1.807) is 18.5 Å². The third-order valence-corrected chi connectivity index (χ3v) is 3.64. The number of hydrogen-bond acceptors (Lipinski definition) is 4. The summed E-state index contributed by atoms with van der Waals surface area (Å²) in [6, 6.07) is 4.60. The maximum atomic E-state index is 13.9. The van der Waals surface area contributed by atoms with Crippen molar-refractivity contribution in [2.45, 2.75) is 24.4 Å². The van der Waals surface area contributed by atoms with Crippen LogP contribution in [-0.4, -0.2) is 27.7 Å². The molecule has 2 heterocycles. The highest BCUT2D eigenvalue weighted by Crippen LogP contribution is 2.45. The van der Waals surface area contributed by atoms with Gasteiger partial charge in [0, 0.05) is 30.6 Å². The highest BCUT2D eigenvalue weighted by molar-refractivity contribution is 5.31. The summed E-state index contributed by atoms with van der Waals surface area (Å²) in [6.45, 7) is 0.366. The van der Waals surface area contributed by atoms with Crippen LogP contribution in [0.2, 0.25) is 0 Å². The maximum Gasteiger partial charge on any atom is 0.222 e. The van der Waals surface area contributed by atoms with Gasteiger partial charge in [-0.1, -0.05) is 0 Å². The first kappa shape index (κ1) is 12.9. The van der Waals surface area contributed by atoms with Gasteiger partial charge in [-0.15, -0.1) is 0 Å². The van der Waals surface area contributed by atoms with Crippen LogP contribution in [0.3, 0.4) is 0 Å². The van der Waals surface area contributed by atoms with E-state index in [9.17, 15) is 8.78 Å². The van der Waals surface area contributed by atoms with Gasteiger partial charge in [-0.25, -0.2) is 18.7 Å². The lowest BCUT2D eigenvalue weighted by Crippen LogP contribution is -2.49. The molecule has 1 fully saturated rings. The monoisotopic (exact) mass is 276 g/mol. The largest absolute Gasteiger partial charge is 0.353 e. The van der Waals surface area contributed by atoms with Gasteiger partial charge in [0.05, 0.1) is 5.69 Å². The number of rotatable bonds is 4. The van der Waals surface area contributed by atoms with Gasteiger partial charge in [0.15, 0.2) is 0 Å². The van der Waals surface area contributed by atoms with E-state index in [1.165, 1.54) is 18.3 Å². The average Bonchev–Trinajstić information content (AvgIpc) is 2.44. The van der Waals surface area contributed by atoms with E-state index in [-0.39, 0.29) is 12.8 Å². The number of pyridine rings is 1. The predicted molar refractivity (Wildman–Crippen MR) is 70.5 cm³/mol. The second-order valence-corrected chi connectivity index (χ2v) is 5.05. The normalized spacial score (nSPS) is 25.0. The molecule has 0 unspecified atom stereocenters. The molecule has 1 aliphatic rings. The minimum atomic E-state index is -0.908. The van der Waals surface area contributed by atoms with E-state index in [0.717, 1.165) is 0 Å². The Hall–Kier alpha value is -2.11. The number of aromatic nitrogens is 3. The molecule has 1 N–H and O–H groups in total. The van der Waals surface area contributed by atoms with E-state index in [2.05, 4.69) is 20.3 Å². The van der Waals surface area contributed by atoms with E-state index in [1.807, 2.05) is 0 Å². The number of hydrogen-bond donors (Lipinski definition) is 1. The molecular formula is C14H14F2N4. The molecule has 2 aromatic heterocycles.